The summed E-state index contributed by atoms with van der Waals surface area (Å²) in [4.78, 5) is 0. The highest BCUT2D eigenvalue weighted by molar-refractivity contribution is 6.55. The van der Waals surface area contributed by atoms with E-state index in [4.69, 9.17) is 46.4 Å². The fourth-order valence-corrected chi connectivity index (χ4v) is 2.08. The van der Waals surface area contributed by atoms with Crippen molar-refractivity contribution in [2.75, 3.05) is 0 Å². The normalized spacial score (nSPS) is 10.9. The number of fused-ring (bicyclic) bond motifs is 1. The van der Waals surface area contributed by atoms with Crippen molar-refractivity contribution in [3.63, 3.8) is 0 Å². The zero-order chi connectivity index (χ0) is 10.3. The molecule has 0 N–H and O–H groups in total. The average molecular weight is 268 g/mol. The molecule has 0 unspecified atom stereocenters. The van der Waals surface area contributed by atoms with E-state index in [1.807, 2.05) is 0 Å². The molecular weight excluding hydrogens is 266 g/mol. The molecule has 6 heteroatoms. The monoisotopic (exact) mass is 266 g/mol. The topological polar surface area (TPSA) is 25.8 Å². The zero-order valence-corrected chi connectivity index (χ0v) is 9.58. The van der Waals surface area contributed by atoms with Gasteiger partial charge in [-0.25, -0.2) is 0 Å². The molecule has 1 aromatic heterocycles. The smallest absolute Gasteiger partial charge is 0.0800 e. The summed E-state index contributed by atoms with van der Waals surface area (Å²) in [7, 11) is 0. The van der Waals surface area contributed by atoms with E-state index in [-0.39, 0.29) is 10.0 Å². The van der Waals surface area contributed by atoms with Crippen molar-refractivity contribution >= 4 is 57.2 Å². The van der Waals surface area contributed by atoms with E-state index in [0.717, 1.165) is 0 Å². The van der Waals surface area contributed by atoms with Crippen LogP contribution in [0.1, 0.15) is 0 Å². The number of hydrogen-bond acceptors (Lipinski definition) is 2. The van der Waals surface area contributed by atoms with Crippen LogP contribution < -0.4 is 0 Å². The Morgan fingerprint density at radius 1 is 0.643 bits per heavy atom. The molecular formula is C8H2Cl4N2. The van der Waals surface area contributed by atoms with Crippen LogP contribution in [0.4, 0.5) is 0 Å². The summed E-state index contributed by atoms with van der Waals surface area (Å²) in [5.41, 5.74) is 0. The van der Waals surface area contributed by atoms with Crippen molar-refractivity contribution in [1.29, 1.82) is 0 Å². The molecule has 0 spiro atoms. The molecule has 1 heterocycles. The lowest BCUT2D eigenvalue weighted by molar-refractivity contribution is 1.05. The summed E-state index contributed by atoms with van der Waals surface area (Å²) in [5, 5.41) is 9.81. The van der Waals surface area contributed by atoms with Crippen LogP contribution in [0.15, 0.2) is 12.4 Å². The van der Waals surface area contributed by atoms with E-state index in [2.05, 4.69) is 10.2 Å². The molecule has 14 heavy (non-hydrogen) atoms. The lowest BCUT2D eigenvalue weighted by atomic mass is 10.2. The molecule has 0 saturated heterocycles. The molecule has 72 valence electrons. The molecule has 0 bridgehead atoms. The fraction of sp³-hybridized carbons (Fsp3) is 0. The summed E-state index contributed by atoms with van der Waals surface area (Å²) < 4.78 is 0. The molecule has 1 aromatic carbocycles. The Bertz CT molecular complexity index is 466. The van der Waals surface area contributed by atoms with Gasteiger partial charge in [0.05, 0.1) is 32.5 Å². The van der Waals surface area contributed by atoms with E-state index < -0.39 is 0 Å². The Morgan fingerprint density at radius 3 is 1.36 bits per heavy atom. The van der Waals surface area contributed by atoms with Crippen molar-refractivity contribution in [3.05, 3.63) is 32.5 Å². The van der Waals surface area contributed by atoms with Gasteiger partial charge in [0.25, 0.3) is 0 Å². The molecule has 2 rings (SSSR count). The van der Waals surface area contributed by atoms with E-state index in [9.17, 15) is 0 Å². The summed E-state index contributed by atoms with van der Waals surface area (Å²) >= 11 is 23.7. The summed E-state index contributed by atoms with van der Waals surface area (Å²) in [6.45, 7) is 0. The first-order valence-corrected chi connectivity index (χ1v) is 5.06. The summed E-state index contributed by atoms with van der Waals surface area (Å²) in [6, 6.07) is 0. The Balaban J connectivity index is 3.02. The maximum absolute atomic E-state index is 5.96. The number of rotatable bonds is 0. The van der Waals surface area contributed by atoms with E-state index in [0.29, 0.717) is 20.8 Å². The molecule has 0 saturated carbocycles. The minimum absolute atomic E-state index is 0.235. The lowest BCUT2D eigenvalue weighted by Crippen LogP contribution is -1.85. The van der Waals surface area contributed by atoms with Gasteiger partial charge in [-0.2, -0.15) is 10.2 Å². The molecule has 0 aliphatic carbocycles. The van der Waals surface area contributed by atoms with Gasteiger partial charge >= 0.3 is 0 Å². The van der Waals surface area contributed by atoms with Gasteiger partial charge < -0.3 is 0 Å². The highest BCUT2D eigenvalue weighted by atomic mass is 35.5. The van der Waals surface area contributed by atoms with Crippen LogP contribution in [0, 0.1) is 0 Å². The maximum Gasteiger partial charge on any atom is 0.0800 e. The Morgan fingerprint density at radius 2 is 1.00 bits per heavy atom. The Hall–Kier alpha value is -0.280. The second kappa shape index (κ2) is 3.70. The number of aromatic nitrogens is 2. The second-order valence-corrected chi connectivity index (χ2v) is 4.08. The summed E-state index contributed by atoms with van der Waals surface area (Å²) in [6.07, 6.45) is 2.98. The Kier molecular flexibility index (Phi) is 2.71. The molecule has 0 fully saturated rings. The van der Waals surface area contributed by atoms with Crippen molar-refractivity contribution < 1.29 is 0 Å². The Labute approximate surface area is 99.7 Å². The van der Waals surface area contributed by atoms with Crippen LogP contribution in [0.2, 0.25) is 20.1 Å². The maximum atomic E-state index is 5.96. The van der Waals surface area contributed by atoms with Gasteiger partial charge in [-0.15, -0.1) is 0 Å². The van der Waals surface area contributed by atoms with Crippen molar-refractivity contribution in [3.8, 4) is 0 Å². The lowest BCUT2D eigenvalue weighted by Gasteiger charge is -2.06. The first-order chi connectivity index (χ1) is 6.63. The van der Waals surface area contributed by atoms with Gasteiger partial charge in [0, 0.05) is 10.8 Å². The molecule has 0 radical (unpaired) electrons. The van der Waals surface area contributed by atoms with E-state index >= 15 is 0 Å². The zero-order valence-electron chi connectivity index (χ0n) is 6.56. The van der Waals surface area contributed by atoms with Gasteiger partial charge in [0.2, 0.25) is 0 Å². The largest absolute Gasteiger partial charge is 0.158 e. The molecule has 0 aliphatic rings. The van der Waals surface area contributed by atoms with Crippen LogP contribution in [-0.4, -0.2) is 10.2 Å². The van der Waals surface area contributed by atoms with Crippen LogP contribution >= 0.6 is 46.4 Å². The molecule has 0 amide bonds. The van der Waals surface area contributed by atoms with E-state index in [1.165, 1.54) is 12.4 Å². The highest BCUT2D eigenvalue weighted by Gasteiger charge is 2.14. The highest BCUT2D eigenvalue weighted by Crippen LogP contribution is 2.42. The first kappa shape index (κ1) is 10.2. The van der Waals surface area contributed by atoms with Gasteiger partial charge in [-0.3, -0.25) is 0 Å². The third-order valence-electron chi connectivity index (χ3n) is 1.78. The predicted octanol–water partition coefficient (Wildman–Crippen LogP) is 4.24. The SMILES string of the molecule is Clc1c(Cl)c(Cl)c2cnncc2c1Cl. The minimum Gasteiger partial charge on any atom is -0.158 e. The number of benzene rings is 1. The van der Waals surface area contributed by atoms with Gasteiger partial charge in [-0.1, -0.05) is 46.4 Å². The van der Waals surface area contributed by atoms with Crippen molar-refractivity contribution in [2.45, 2.75) is 0 Å². The van der Waals surface area contributed by atoms with E-state index in [1.54, 1.807) is 0 Å². The third-order valence-corrected chi connectivity index (χ3v) is 3.61. The minimum atomic E-state index is 0.235. The number of hydrogen-bond donors (Lipinski definition) is 0. The molecule has 0 atom stereocenters. The fourth-order valence-electron chi connectivity index (χ4n) is 1.10. The third kappa shape index (κ3) is 1.43. The molecule has 2 aromatic rings. The van der Waals surface area contributed by atoms with Crippen molar-refractivity contribution in [2.24, 2.45) is 0 Å². The number of nitrogens with zero attached hydrogens (tertiary/aromatic N) is 2. The van der Waals surface area contributed by atoms with Crippen LogP contribution in [-0.2, 0) is 0 Å². The van der Waals surface area contributed by atoms with Gasteiger partial charge in [0.1, 0.15) is 0 Å². The molecule has 0 aliphatic heterocycles. The van der Waals surface area contributed by atoms with Crippen LogP contribution in [0.25, 0.3) is 10.8 Å². The predicted molar refractivity (Wildman–Crippen MR) is 59.6 cm³/mol. The molecule has 2 nitrogen and oxygen atoms in total. The number of halogens is 4. The van der Waals surface area contributed by atoms with Crippen molar-refractivity contribution in [1.82, 2.24) is 10.2 Å². The van der Waals surface area contributed by atoms with Gasteiger partial charge in [-0.05, 0) is 0 Å². The van der Waals surface area contributed by atoms with Gasteiger partial charge in [0.15, 0.2) is 0 Å². The van der Waals surface area contributed by atoms with Crippen LogP contribution in [0.5, 0.6) is 0 Å². The summed E-state index contributed by atoms with van der Waals surface area (Å²) in [5.74, 6) is 0. The standard InChI is InChI=1S/C8H2Cl4N2/c9-5-3-1-13-14-2-4(3)6(10)8(12)7(5)11/h1-2H. The van der Waals surface area contributed by atoms with Crippen LogP contribution in [0.3, 0.4) is 0 Å². The first-order valence-electron chi connectivity index (χ1n) is 3.55. The second-order valence-electron chi connectivity index (χ2n) is 2.57. The average Bonchev–Trinajstić information content (AvgIpc) is 2.23. The quantitative estimate of drug-likeness (QED) is 0.527.